The van der Waals surface area contributed by atoms with Crippen molar-refractivity contribution in [3.05, 3.63) is 47.4 Å². The fourth-order valence-electron chi connectivity index (χ4n) is 1.91. The number of rotatable bonds is 7. The molecule has 23 heavy (non-hydrogen) atoms. The highest BCUT2D eigenvalue weighted by Gasteiger charge is 2.13. The molecule has 122 valence electrons. The van der Waals surface area contributed by atoms with Crippen molar-refractivity contribution < 1.29 is 28.6 Å². The Balaban J connectivity index is 2.03. The fourth-order valence-corrected chi connectivity index (χ4v) is 1.91. The van der Waals surface area contributed by atoms with Gasteiger partial charge in [-0.05, 0) is 42.8 Å². The van der Waals surface area contributed by atoms with Crippen LogP contribution in [-0.2, 0) is 16.1 Å². The molecule has 0 spiro atoms. The molecule has 0 aliphatic rings. The van der Waals surface area contributed by atoms with Crippen LogP contribution in [0.5, 0.6) is 5.75 Å². The van der Waals surface area contributed by atoms with Crippen molar-refractivity contribution in [3.8, 4) is 5.75 Å². The first kappa shape index (κ1) is 16.6. The minimum absolute atomic E-state index is 0.183. The van der Waals surface area contributed by atoms with Gasteiger partial charge < -0.3 is 24.3 Å². The first-order valence-electron chi connectivity index (χ1n) is 6.84. The summed E-state index contributed by atoms with van der Waals surface area (Å²) >= 11 is 0. The molecule has 1 aromatic carbocycles. The number of anilines is 1. The Morgan fingerprint density at radius 3 is 2.70 bits per heavy atom. The van der Waals surface area contributed by atoms with E-state index in [9.17, 15) is 9.59 Å². The van der Waals surface area contributed by atoms with E-state index in [1.165, 1.54) is 0 Å². The van der Waals surface area contributed by atoms with Crippen molar-refractivity contribution in [2.24, 2.45) is 0 Å². The average molecular weight is 319 g/mol. The van der Waals surface area contributed by atoms with Gasteiger partial charge in [0, 0.05) is 12.8 Å². The van der Waals surface area contributed by atoms with E-state index in [0.717, 1.165) is 5.56 Å². The molecule has 0 fully saturated rings. The van der Waals surface area contributed by atoms with E-state index < -0.39 is 12.6 Å². The van der Waals surface area contributed by atoms with Crippen LogP contribution < -0.4 is 10.1 Å². The van der Waals surface area contributed by atoms with Crippen LogP contribution in [0.4, 0.5) is 5.69 Å². The molecule has 0 aliphatic heterocycles. The summed E-state index contributed by atoms with van der Waals surface area (Å²) in [6.07, 6.45) is 0. The SMILES string of the molecule is COCc1ccc(C(=O)Nc2ccc(OCC(=O)O)cc2C)o1. The topological polar surface area (TPSA) is 98.0 Å². The second-order valence-electron chi connectivity index (χ2n) is 4.81. The highest BCUT2D eigenvalue weighted by Crippen LogP contribution is 2.22. The quantitative estimate of drug-likeness (QED) is 0.813. The first-order chi connectivity index (χ1) is 11.0. The van der Waals surface area contributed by atoms with Crippen molar-refractivity contribution in [1.82, 2.24) is 0 Å². The summed E-state index contributed by atoms with van der Waals surface area (Å²) in [5, 5.41) is 11.3. The Morgan fingerprint density at radius 2 is 2.04 bits per heavy atom. The predicted molar refractivity (Wildman–Crippen MR) is 81.7 cm³/mol. The number of furan rings is 1. The number of benzene rings is 1. The summed E-state index contributed by atoms with van der Waals surface area (Å²) < 4.78 is 15.4. The van der Waals surface area contributed by atoms with Crippen molar-refractivity contribution in [3.63, 3.8) is 0 Å². The molecule has 7 heteroatoms. The third-order valence-corrected chi connectivity index (χ3v) is 2.98. The van der Waals surface area contributed by atoms with Crippen molar-refractivity contribution >= 4 is 17.6 Å². The number of carboxylic acid groups (broad SMARTS) is 1. The van der Waals surface area contributed by atoms with Gasteiger partial charge in [-0.2, -0.15) is 0 Å². The Kier molecular flexibility index (Phi) is 5.37. The molecule has 1 heterocycles. The summed E-state index contributed by atoms with van der Waals surface area (Å²) in [4.78, 5) is 22.6. The fraction of sp³-hybridized carbons (Fsp3) is 0.250. The second-order valence-corrected chi connectivity index (χ2v) is 4.81. The number of ether oxygens (including phenoxy) is 2. The smallest absolute Gasteiger partial charge is 0.341 e. The molecule has 0 bridgehead atoms. The number of carbonyl (C=O) groups excluding carboxylic acids is 1. The number of hydrogen-bond acceptors (Lipinski definition) is 5. The standard InChI is InChI=1S/C16H17NO6/c1-10-7-11(22-9-15(18)19)3-5-13(10)17-16(20)14-6-4-12(23-14)8-21-2/h3-7H,8-9H2,1-2H3,(H,17,20)(H,18,19). The van der Waals surface area contributed by atoms with Gasteiger partial charge in [0.2, 0.25) is 0 Å². The Bertz CT molecular complexity index is 706. The van der Waals surface area contributed by atoms with Gasteiger partial charge in [-0.15, -0.1) is 0 Å². The lowest BCUT2D eigenvalue weighted by molar-refractivity contribution is -0.139. The zero-order valence-electron chi connectivity index (χ0n) is 12.8. The summed E-state index contributed by atoms with van der Waals surface area (Å²) in [5.74, 6) is -0.267. The largest absolute Gasteiger partial charge is 0.482 e. The maximum atomic E-state index is 12.1. The van der Waals surface area contributed by atoms with Crippen LogP contribution >= 0.6 is 0 Å². The molecule has 0 radical (unpaired) electrons. The summed E-state index contributed by atoms with van der Waals surface area (Å²) in [5.41, 5.74) is 1.33. The molecule has 1 amide bonds. The minimum Gasteiger partial charge on any atom is -0.482 e. The van der Waals surface area contributed by atoms with Gasteiger partial charge in [-0.3, -0.25) is 4.79 Å². The Labute approximate surface area is 132 Å². The van der Waals surface area contributed by atoms with Gasteiger partial charge in [0.25, 0.3) is 5.91 Å². The van der Waals surface area contributed by atoms with Crippen LogP contribution in [0.3, 0.4) is 0 Å². The number of nitrogens with one attached hydrogen (secondary N) is 1. The molecular formula is C16H17NO6. The van der Waals surface area contributed by atoms with E-state index >= 15 is 0 Å². The maximum Gasteiger partial charge on any atom is 0.341 e. The molecule has 2 rings (SSSR count). The second kappa shape index (κ2) is 7.46. The number of methoxy groups -OCH3 is 1. The molecule has 0 atom stereocenters. The Morgan fingerprint density at radius 1 is 1.26 bits per heavy atom. The number of carboxylic acids is 1. The summed E-state index contributed by atoms with van der Waals surface area (Å²) in [7, 11) is 1.54. The lowest BCUT2D eigenvalue weighted by Crippen LogP contribution is -2.12. The summed E-state index contributed by atoms with van der Waals surface area (Å²) in [6, 6.07) is 8.13. The Hall–Kier alpha value is -2.80. The van der Waals surface area contributed by atoms with E-state index in [2.05, 4.69) is 5.32 Å². The van der Waals surface area contributed by atoms with Crippen LogP contribution in [0.25, 0.3) is 0 Å². The number of amides is 1. The molecule has 2 N–H and O–H groups in total. The number of aryl methyl sites for hydroxylation is 1. The average Bonchev–Trinajstić information content (AvgIpc) is 2.96. The highest BCUT2D eigenvalue weighted by molar-refractivity contribution is 6.02. The molecule has 1 aromatic heterocycles. The molecule has 0 aliphatic carbocycles. The van der Waals surface area contributed by atoms with Gasteiger partial charge in [0.15, 0.2) is 12.4 Å². The lowest BCUT2D eigenvalue weighted by Gasteiger charge is -2.09. The summed E-state index contributed by atoms with van der Waals surface area (Å²) in [6.45, 7) is 1.66. The van der Waals surface area contributed by atoms with E-state index in [4.69, 9.17) is 19.0 Å². The molecule has 0 saturated heterocycles. The molecule has 0 unspecified atom stereocenters. The van der Waals surface area contributed by atoms with Crippen molar-refractivity contribution in [1.29, 1.82) is 0 Å². The third kappa shape index (κ3) is 4.58. The van der Waals surface area contributed by atoms with Crippen LogP contribution in [0.1, 0.15) is 21.9 Å². The van der Waals surface area contributed by atoms with Crippen molar-refractivity contribution in [2.75, 3.05) is 19.0 Å². The van der Waals surface area contributed by atoms with E-state index in [0.29, 0.717) is 23.8 Å². The lowest BCUT2D eigenvalue weighted by atomic mass is 10.2. The van der Waals surface area contributed by atoms with Gasteiger partial charge in [-0.1, -0.05) is 0 Å². The van der Waals surface area contributed by atoms with Crippen LogP contribution in [0.2, 0.25) is 0 Å². The van der Waals surface area contributed by atoms with Gasteiger partial charge in [-0.25, -0.2) is 4.79 Å². The monoisotopic (exact) mass is 319 g/mol. The number of hydrogen-bond donors (Lipinski definition) is 2. The molecular weight excluding hydrogens is 302 g/mol. The van der Waals surface area contributed by atoms with E-state index in [-0.39, 0.29) is 11.7 Å². The van der Waals surface area contributed by atoms with Crippen LogP contribution in [0, 0.1) is 6.92 Å². The van der Waals surface area contributed by atoms with Crippen LogP contribution in [0.15, 0.2) is 34.7 Å². The highest BCUT2D eigenvalue weighted by atomic mass is 16.5. The zero-order chi connectivity index (χ0) is 16.8. The maximum absolute atomic E-state index is 12.1. The van der Waals surface area contributed by atoms with Gasteiger partial charge >= 0.3 is 5.97 Å². The predicted octanol–water partition coefficient (Wildman–Crippen LogP) is 2.45. The number of aliphatic carboxylic acids is 1. The molecule has 0 saturated carbocycles. The molecule has 2 aromatic rings. The third-order valence-electron chi connectivity index (χ3n) is 2.98. The number of carbonyl (C=O) groups is 2. The van der Waals surface area contributed by atoms with Crippen molar-refractivity contribution in [2.45, 2.75) is 13.5 Å². The van der Waals surface area contributed by atoms with Gasteiger partial charge in [0.1, 0.15) is 18.1 Å². The van der Waals surface area contributed by atoms with E-state index in [1.807, 2.05) is 0 Å². The minimum atomic E-state index is -1.05. The van der Waals surface area contributed by atoms with Crippen LogP contribution in [-0.4, -0.2) is 30.7 Å². The first-order valence-corrected chi connectivity index (χ1v) is 6.84. The zero-order valence-corrected chi connectivity index (χ0v) is 12.8. The normalized spacial score (nSPS) is 10.3. The van der Waals surface area contributed by atoms with E-state index in [1.54, 1.807) is 44.4 Å². The molecule has 7 nitrogen and oxygen atoms in total. The van der Waals surface area contributed by atoms with Gasteiger partial charge in [0.05, 0.1) is 0 Å².